The molecule has 0 spiro atoms. The van der Waals surface area contributed by atoms with Crippen LogP contribution in [0.3, 0.4) is 0 Å². The number of amides is 2. The van der Waals surface area contributed by atoms with Gasteiger partial charge in [0.25, 0.3) is 0 Å². The highest BCUT2D eigenvalue weighted by atomic mass is 79.9. The van der Waals surface area contributed by atoms with Crippen LogP contribution in [0.1, 0.15) is 23.6 Å². The molecule has 1 atom stereocenters. The van der Waals surface area contributed by atoms with Gasteiger partial charge in [-0.15, -0.1) is 0 Å². The smallest absolute Gasteiger partial charge is 0.387 e. The number of halogens is 4. The first-order valence-corrected chi connectivity index (χ1v) is 10.8. The molecular weight excluding hydrogens is 504 g/mol. The van der Waals surface area contributed by atoms with Crippen LogP contribution >= 0.6 is 27.5 Å². The lowest BCUT2D eigenvalue weighted by Crippen LogP contribution is -2.31. The molecule has 3 aromatic rings. The second kappa shape index (κ2) is 9.67. The number of nitrogens with zero attached hydrogens (tertiary/aromatic N) is 2. The molecule has 3 aromatic carbocycles. The van der Waals surface area contributed by atoms with Crippen molar-refractivity contribution in [3.63, 3.8) is 0 Å². The Balaban J connectivity index is 1.61. The molecule has 32 heavy (non-hydrogen) atoms. The number of urea groups is 1. The topological polar surface area (TPSA) is 53.9 Å². The molecule has 0 saturated carbocycles. The molecular formula is C23H17BrClF2N3O2. The zero-order valence-corrected chi connectivity index (χ0v) is 18.9. The Morgan fingerprint density at radius 3 is 2.34 bits per heavy atom. The molecule has 1 heterocycles. The van der Waals surface area contributed by atoms with Gasteiger partial charge in [-0.1, -0.05) is 39.7 Å². The van der Waals surface area contributed by atoms with Gasteiger partial charge in [-0.25, -0.2) is 9.80 Å². The molecule has 0 saturated heterocycles. The van der Waals surface area contributed by atoms with Gasteiger partial charge in [0.1, 0.15) is 5.75 Å². The molecule has 164 valence electrons. The van der Waals surface area contributed by atoms with Crippen molar-refractivity contribution >= 4 is 45.0 Å². The Morgan fingerprint density at radius 1 is 1.06 bits per heavy atom. The highest BCUT2D eigenvalue weighted by Gasteiger charge is 2.33. The average molecular weight is 521 g/mol. The summed E-state index contributed by atoms with van der Waals surface area (Å²) in [6, 6.07) is 19.9. The van der Waals surface area contributed by atoms with Crippen LogP contribution in [0.15, 0.2) is 82.4 Å². The van der Waals surface area contributed by atoms with E-state index in [4.69, 9.17) is 11.6 Å². The minimum absolute atomic E-state index is 0.0569. The predicted octanol–water partition coefficient (Wildman–Crippen LogP) is 7.09. The molecule has 1 unspecified atom stereocenters. The Labute approximate surface area is 196 Å². The first kappa shape index (κ1) is 22.2. The fourth-order valence-electron chi connectivity index (χ4n) is 3.36. The van der Waals surface area contributed by atoms with Crippen LogP contribution in [0.5, 0.6) is 5.75 Å². The highest BCUT2D eigenvalue weighted by Crippen LogP contribution is 2.34. The Bertz CT molecular complexity index is 1120. The number of hydrazone groups is 1. The van der Waals surface area contributed by atoms with E-state index in [9.17, 15) is 13.6 Å². The van der Waals surface area contributed by atoms with Crippen LogP contribution in [-0.4, -0.2) is 23.4 Å². The van der Waals surface area contributed by atoms with Gasteiger partial charge in [0.15, 0.2) is 0 Å². The lowest BCUT2D eigenvalue weighted by molar-refractivity contribution is -0.0498. The number of alkyl halides is 2. The molecule has 1 aliphatic heterocycles. The number of benzene rings is 3. The van der Waals surface area contributed by atoms with E-state index in [1.165, 1.54) is 17.1 Å². The van der Waals surface area contributed by atoms with E-state index < -0.39 is 6.61 Å². The van der Waals surface area contributed by atoms with Gasteiger partial charge in [0.05, 0.1) is 11.8 Å². The van der Waals surface area contributed by atoms with E-state index in [1.807, 2.05) is 24.3 Å². The first-order chi connectivity index (χ1) is 15.4. The van der Waals surface area contributed by atoms with Crippen LogP contribution in [0.25, 0.3) is 0 Å². The van der Waals surface area contributed by atoms with Crippen molar-refractivity contribution in [3.8, 4) is 5.75 Å². The third kappa shape index (κ3) is 5.26. The summed E-state index contributed by atoms with van der Waals surface area (Å²) in [5, 5.41) is 9.39. The molecule has 0 fully saturated rings. The summed E-state index contributed by atoms with van der Waals surface area (Å²) >= 11 is 9.39. The van der Waals surface area contributed by atoms with Crippen molar-refractivity contribution in [2.75, 3.05) is 5.32 Å². The number of rotatable bonds is 5. The molecule has 9 heteroatoms. The highest BCUT2D eigenvalue weighted by molar-refractivity contribution is 9.10. The number of carbonyl (C=O) groups excluding carboxylic acids is 1. The third-order valence-corrected chi connectivity index (χ3v) is 5.66. The summed E-state index contributed by atoms with van der Waals surface area (Å²) in [7, 11) is 0. The maximum Gasteiger partial charge on any atom is 0.387 e. The zero-order chi connectivity index (χ0) is 22.7. The predicted molar refractivity (Wildman–Crippen MR) is 123 cm³/mol. The van der Waals surface area contributed by atoms with Crippen LogP contribution in [0, 0.1) is 0 Å². The lowest BCUT2D eigenvalue weighted by atomic mass is 9.98. The maximum atomic E-state index is 13.1. The molecule has 0 aromatic heterocycles. The summed E-state index contributed by atoms with van der Waals surface area (Å²) < 4.78 is 30.1. The number of carbonyl (C=O) groups is 1. The summed E-state index contributed by atoms with van der Waals surface area (Å²) in [5.74, 6) is 0.0569. The average Bonchev–Trinajstić information content (AvgIpc) is 3.22. The Hall–Kier alpha value is -2.97. The van der Waals surface area contributed by atoms with Gasteiger partial charge in [0, 0.05) is 21.6 Å². The lowest BCUT2D eigenvalue weighted by Gasteiger charge is -2.22. The molecule has 0 aliphatic carbocycles. The fourth-order valence-corrected chi connectivity index (χ4v) is 3.75. The van der Waals surface area contributed by atoms with Gasteiger partial charge in [-0.2, -0.15) is 13.9 Å². The van der Waals surface area contributed by atoms with E-state index in [2.05, 4.69) is 31.1 Å². The Kier molecular flexibility index (Phi) is 6.72. The van der Waals surface area contributed by atoms with E-state index in [0.29, 0.717) is 28.4 Å². The molecule has 5 nitrogen and oxygen atoms in total. The molecule has 1 aliphatic rings. The largest absolute Gasteiger partial charge is 0.435 e. The SMILES string of the molecule is O=C(Nc1ccc(Br)cc1)N1N=C(c2ccc(OC(F)F)cc2)CC1c1ccc(Cl)cc1. The van der Waals surface area contributed by atoms with Crippen molar-refractivity contribution in [3.05, 3.63) is 93.4 Å². The summed E-state index contributed by atoms with van der Waals surface area (Å²) in [6.45, 7) is -2.89. The molecule has 1 N–H and O–H groups in total. The fraction of sp³-hybridized carbons (Fsp3) is 0.130. The van der Waals surface area contributed by atoms with E-state index in [-0.39, 0.29) is 17.8 Å². The van der Waals surface area contributed by atoms with Crippen LogP contribution in [0.4, 0.5) is 19.3 Å². The number of hydrogen-bond acceptors (Lipinski definition) is 3. The monoisotopic (exact) mass is 519 g/mol. The van der Waals surface area contributed by atoms with Crippen molar-refractivity contribution in [2.45, 2.75) is 19.1 Å². The molecule has 0 radical (unpaired) electrons. The molecule has 4 rings (SSSR count). The van der Waals surface area contributed by atoms with Crippen LogP contribution < -0.4 is 10.1 Å². The van der Waals surface area contributed by atoms with Gasteiger partial charge in [-0.05, 0) is 71.8 Å². The van der Waals surface area contributed by atoms with Crippen molar-refractivity contribution in [1.82, 2.24) is 5.01 Å². The van der Waals surface area contributed by atoms with E-state index in [1.54, 1.807) is 36.4 Å². The minimum Gasteiger partial charge on any atom is -0.435 e. The quantitative estimate of drug-likeness (QED) is 0.391. The minimum atomic E-state index is -2.89. The number of nitrogens with one attached hydrogen (secondary N) is 1. The van der Waals surface area contributed by atoms with Crippen molar-refractivity contribution in [1.29, 1.82) is 0 Å². The summed E-state index contributed by atoms with van der Waals surface area (Å²) in [6.07, 6.45) is 0.449. The van der Waals surface area contributed by atoms with Gasteiger partial charge >= 0.3 is 12.6 Å². The maximum absolute atomic E-state index is 13.1. The second-order valence-electron chi connectivity index (χ2n) is 7.00. The third-order valence-electron chi connectivity index (χ3n) is 4.88. The normalized spacial score (nSPS) is 15.6. The van der Waals surface area contributed by atoms with Crippen molar-refractivity contribution in [2.24, 2.45) is 5.10 Å². The van der Waals surface area contributed by atoms with Crippen LogP contribution in [0.2, 0.25) is 5.02 Å². The standard InChI is InChI=1S/C23H17BrClF2N3O2/c24-16-5-9-18(10-6-16)28-23(31)30-21(15-1-7-17(25)8-2-15)13-20(29-30)14-3-11-19(12-4-14)32-22(26)27/h1-12,21-22H,13H2,(H,28,31). The van der Waals surface area contributed by atoms with Gasteiger partial charge < -0.3 is 10.1 Å². The van der Waals surface area contributed by atoms with Crippen molar-refractivity contribution < 1.29 is 18.3 Å². The zero-order valence-electron chi connectivity index (χ0n) is 16.5. The van der Waals surface area contributed by atoms with Crippen LogP contribution in [-0.2, 0) is 0 Å². The molecule has 2 amide bonds. The summed E-state index contributed by atoms with van der Waals surface area (Å²) in [5.41, 5.74) is 2.87. The van der Waals surface area contributed by atoms with E-state index >= 15 is 0 Å². The van der Waals surface area contributed by atoms with Gasteiger partial charge in [0.2, 0.25) is 0 Å². The second-order valence-corrected chi connectivity index (χ2v) is 8.35. The molecule has 0 bridgehead atoms. The number of anilines is 1. The number of hydrogen-bond donors (Lipinski definition) is 1. The van der Waals surface area contributed by atoms with E-state index in [0.717, 1.165) is 10.0 Å². The first-order valence-electron chi connectivity index (χ1n) is 9.63. The Morgan fingerprint density at radius 2 is 1.72 bits per heavy atom. The van der Waals surface area contributed by atoms with Gasteiger partial charge in [-0.3, -0.25) is 0 Å². The summed E-state index contributed by atoms with van der Waals surface area (Å²) in [4.78, 5) is 13.1. The number of ether oxygens (including phenoxy) is 1.